The van der Waals surface area contributed by atoms with Crippen molar-refractivity contribution in [2.24, 2.45) is 0 Å². The fourth-order valence-corrected chi connectivity index (χ4v) is 3.77. The average molecular weight is 385 g/mol. The highest BCUT2D eigenvalue weighted by Gasteiger charge is 2.31. The number of rotatable bonds is 5. The van der Waals surface area contributed by atoms with E-state index in [1.54, 1.807) is 42.5 Å². The van der Waals surface area contributed by atoms with Crippen LogP contribution in [0.1, 0.15) is 21.7 Å². The Morgan fingerprint density at radius 2 is 2.15 bits per heavy atom. The summed E-state index contributed by atoms with van der Waals surface area (Å²) in [5.41, 5.74) is 1.78. The maximum atomic E-state index is 12.4. The molecule has 5 nitrogen and oxygen atoms in total. The summed E-state index contributed by atoms with van der Waals surface area (Å²) in [6.07, 6.45) is 3.26. The van der Waals surface area contributed by atoms with Crippen LogP contribution in [0.5, 0.6) is 0 Å². The van der Waals surface area contributed by atoms with E-state index in [1.807, 2.05) is 6.92 Å². The number of hydrogen-bond acceptors (Lipinski definition) is 5. The standard InChI is InChI=1S/C19H15NO4S2/c1-3-8-20-17(21)16(26-19(20)25)10-13-6-7-15(24-13)14-9-12(18(22)23)5-4-11(14)2/h3-7,9-10H,1,8H2,2H3,(H,22,23)/b16-10-. The third kappa shape index (κ3) is 3.49. The molecule has 1 aliphatic heterocycles. The fraction of sp³-hybridized carbons (Fsp3) is 0.105. The molecule has 1 N–H and O–H groups in total. The summed E-state index contributed by atoms with van der Waals surface area (Å²) >= 11 is 6.42. The van der Waals surface area contributed by atoms with Crippen LogP contribution in [0.2, 0.25) is 0 Å². The number of aromatic carboxylic acids is 1. The van der Waals surface area contributed by atoms with E-state index in [2.05, 4.69) is 6.58 Å². The topological polar surface area (TPSA) is 70.8 Å². The summed E-state index contributed by atoms with van der Waals surface area (Å²) in [5.74, 6) is -0.136. The number of carboxylic acids is 1. The number of carbonyl (C=O) groups is 2. The van der Waals surface area contributed by atoms with Crippen molar-refractivity contribution >= 4 is 46.3 Å². The highest BCUT2D eigenvalue weighted by Crippen LogP contribution is 2.34. The lowest BCUT2D eigenvalue weighted by Gasteiger charge is -2.10. The van der Waals surface area contributed by atoms with Crippen LogP contribution in [0.4, 0.5) is 0 Å². The molecular formula is C19H15NO4S2. The molecule has 0 bridgehead atoms. The summed E-state index contributed by atoms with van der Waals surface area (Å²) in [5, 5.41) is 9.16. The molecule has 0 unspecified atom stereocenters. The van der Waals surface area contributed by atoms with Gasteiger partial charge in [-0.05, 0) is 36.8 Å². The molecule has 132 valence electrons. The Morgan fingerprint density at radius 1 is 1.38 bits per heavy atom. The normalized spacial score (nSPS) is 15.7. The molecule has 1 saturated heterocycles. The van der Waals surface area contributed by atoms with Gasteiger partial charge in [-0.1, -0.05) is 36.1 Å². The summed E-state index contributed by atoms with van der Waals surface area (Å²) in [6, 6.07) is 8.35. The number of thiocarbonyl (C=S) groups is 1. The van der Waals surface area contributed by atoms with Crippen molar-refractivity contribution in [2.45, 2.75) is 6.92 Å². The molecule has 1 aromatic carbocycles. The first-order valence-electron chi connectivity index (χ1n) is 7.71. The minimum Gasteiger partial charge on any atom is -0.478 e. The summed E-state index contributed by atoms with van der Waals surface area (Å²) < 4.78 is 6.29. The molecule has 0 aliphatic carbocycles. The van der Waals surface area contributed by atoms with E-state index in [1.165, 1.54) is 16.7 Å². The van der Waals surface area contributed by atoms with E-state index in [9.17, 15) is 9.59 Å². The van der Waals surface area contributed by atoms with E-state index in [0.29, 0.717) is 32.9 Å². The molecule has 0 saturated carbocycles. The molecule has 2 aromatic rings. The Bertz CT molecular complexity index is 958. The predicted octanol–water partition coefficient (Wildman–Crippen LogP) is 4.34. The van der Waals surface area contributed by atoms with Gasteiger partial charge in [0.05, 0.1) is 10.5 Å². The van der Waals surface area contributed by atoms with E-state index in [-0.39, 0.29) is 11.5 Å². The average Bonchev–Trinajstić information content (AvgIpc) is 3.16. The van der Waals surface area contributed by atoms with Crippen molar-refractivity contribution in [1.29, 1.82) is 0 Å². The van der Waals surface area contributed by atoms with Crippen molar-refractivity contribution < 1.29 is 19.1 Å². The number of nitrogens with zero attached hydrogens (tertiary/aromatic N) is 1. The number of aryl methyl sites for hydroxylation is 1. The molecule has 26 heavy (non-hydrogen) atoms. The largest absolute Gasteiger partial charge is 0.478 e. The third-order valence-electron chi connectivity index (χ3n) is 3.84. The maximum Gasteiger partial charge on any atom is 0.335 e. The SMILES string of the molecule is C=CCN1C(=O)/C(=C/c2ccc(-c3cc(C(=O)O)ccc3C)o2)SC1=S. The van der Waals surface area contributed by atoms with Gasteiger partial charge in [0.25, 0.3) is 5.91 Å². The molecule has 1 fully saturated rings. The second-order valence-electron chi connectivity index (χ2n) is 5.62. The van der Waals surface area contributed by atoms with Crippen LogP contribution in [0, 0.1) is 6.92 Å². The molecule has 0 spiro atoms. The van der Waals surface area contributed by atoms with Crippen LogP contribution in [0.15, 0.2) is 52.3 Å². The highest BCUT2D eigenvalue weighted by atomic mass is 32.2. The van der Waals surface area contributed by atoms with Gasteiger partial charge in [0.15, 0.2) is 0 Å². The number of carbonyl (C=O) groups excluding carboxylic acids is 1. The highest BCUT2D eigenvalue weighted by molar-refractivity contribution is 8.26. The van der Waals surface area contributed by atoms with Gasteiger partial charge >= 0.3 is 5.97 Å². The number of hydrogen-bond donors (Lipinski definition) is 1. The van der Waals surface area contributed by atoms with Gasteiger partial charge in [-0.25, -0.2) is 4.79 Å². The molecule has 1 aliphatic rings. The Balaban J connectivity index is 1.91. The van der Waals surface area contributed by atoms with E-state index in [0.717, 1.165) is 5.56 Å². The summed E-state index contributed by atoms with van der Waals surface area (Å²) in [4.78, 5) is 25.5. The second kappa shape index (κ2) is 7.31. The van der Waals surface area contributed by atoms with Gasteiger partial charge in [0.2, 0.25) is 0 Å². The molecule has 3 rings (SSSR count). The first-order valence-corrected chi connectivity index (χ1v) is 8.93. The first kappa shape index (κ1) is 18.2. The van der Waals surface area contributed by atoms with Crippen LogP contribution < -0.4 is 0 Å². The molecular weight excluding hydrogens is 370 g/mol. The monoisotopic (exact) mass is 385 g/mol. The first-order chi connectivity index (χ1) is 12.4. The van der Waals surface area contributed by atoms with Crippen LogP contribution in [-0.4, -0.2) is 32.7 Å². The van der Waals surface area contributed by atoms with Gasteiger partial charge in [0.1, 0.15) is 15.8 Å². The number of thioether (sulfide) groups is 1. The Morgan fingerprint density at radius 3 is 2.85 bits per heavy atom. The maximum absolute atomic E-state index is 12.4. The van der Waals surface area contributed by atoms with Gasteiger partial charge in [-0.3, -0.25) is 9.69 Å². The quantitative estimate of drug-likeness (QED) is 0.469. The molecule has 1 aromatic heterocycles. The lowest BCUT2D eigenvalue weighted by Crippen LogP contribution is -2.27. The van der Waals surface area contributed by atoms with Gasteiger partial charge in [-0.2, -0.15) is 0 Å². The predicted molar refractivity (Wildman–Crippen MR) is 106 cm³/mol. The van der Waals surface area contributed by atoms with Crippen LogP contribution >= 0.6 is 24.0 Å². The van der Waals surface area contributed by atoms with Crippen molar-refractivity contribution in [3.63, 3.8) is 0 Å². The molecule has 0 atom stereocenters. The number of amides is 1. The zero-order chi connectivity index (χ0) is 18.8. The zero-order valence-corrected chi connectivity index (χ0v) is 15.5. The van der Waals surface area contributed by atoms with Gasteiger partial charge in [0, 0.05) is 18.2 Å². The summed E-state index contributed by atoms with van der Waals surface area (Å²) in [7, 11) is 0. The Hall–Kier alpha value is -2.64. The molecule has 2 heterocycles. The minimum absolute atomic E-state index is 0.179. The Labute approximate surface area is 160 Å². The van der Waals surface area contributed by atoms with Gasteiger partial charge in [-0.15, -0.1) is 6.58 Å². The molecule has 7 heteroatoms. The van der Waals surface area contributed by atoms with Crippen LogP contribution in [0.25, 0.3) is 17.4 Å². The molecule has 0 radical (unpaired) electrons. The van der Waals surface area contributed by atoms with Gasteiger partial charge < -0.3 is 9.52 Å². The second-order valence-corrected chi connectivity index (χ2v) is 7.29. The van der Waals surface area contributed by atoms with E-state index >= 15 is 0 Å². The smallest absolute Gasteiger partial charge is 0.335 e. The van der Waals surface area contributed by atoms with Crippen LogP contribution in [0.3, 0.4) is 0 Å². The minimum atomic E-state index is -0.996. The Kier molecular flexibility index (Phi) is 5.11. The van der Waals surface area contributed by atoms with Crippen molar-refractivity contribution in [2.75, 3.05) is 6.54 Å². The number of carboxylic acid groups (broad SMARTS) is 1. The number of benzene rings is 1. The van der Waals surface area contributed by atoms with Crippen molar-refractivity contribution in [3.05, 3.63) is 64.8 Å². The lowest BCUT2D eigenvalue weighted by atomic mass is 10.0. The summed E-state index contributed by atoms with van der Waals surface area (Å²) in [6.45, 7) is 5.87. The number of furan rings is 1. The molecule has 1 amide bonds. The lowest BCUT2D eigenvalue weighted by molar-refractivity contribution is -0.121. The zero-order valence-electron chi connectivity index (χ0n) is 13.9. The van der Waals surface area contributed by atoms with E-state index in [4.69, 9.17) is 21.7 Å². The third-order valence-corrected chi connectivity index (χ3v) is 5.21. The van der Waals surface area contributed by atoms with Crippen molar-refractivity contribution in [1.82, 2.24) is 4.90 Å². The fourth-order valence-electron chi connectivity index (χ4n) is 2.51. The van der Waals surface area contributed by atoms with Crippen molar-refractivity contribution in [3.8, 4) is 11.3 Å². The van der Waals surface area contributed by atoms with Crippen LogP contribution in [-0.2, 0) is 4.79 Å². The van der Waals surface area contributed by atoms with E-state index < -0.39 is 5.97 Å².